The summed E-state index contributed by atoms with van der Waals surface area (Å²) in [5, 5.41) is 0. The number of hydrogen-bond donors (Lipinski definition) is 0. The van der Waals surface area contributed by atoms with Gasteiger partial charge < -0.3 is 14.2 Å². The normalized spacial score (nSPS) is 16.5. The van der Waals surface area contributed by atoms with E-state index in [0.29, 0.717) is 37.3 Å². The molecule has 2 aromatic carbocycles. The number of rotatable bonds is 3. The lowest BCUT2D eigenvalue weighted by molar-refractivity contribution is -0.143. The van der Waals surface area contributed by atoms with Crippen LogP contribution in [0.15, 0.2) is 60.7 Å². The number of ether oxygens (including phenoxy) is 3. The zero-order valence-corrected chi connectivity index (χ0v) is 19.9. The third kappa shape index (κ3) is 8.58. The largest absolute Gasteiger partial charge is 0.494 e. The molecule has 0 aliphatic carbocycles. The molecule has 0 saturated carbocycles. The Hall–Kier alpha value is -3.43. The van der Waals surface area contributed by atoms with Gasteiger partial charge in [-0.3, -0.25) is 0 Å². The fourth-order valence-electron chi connectivity index (χ4n) is 3.58. The molecule has 0 radical (unpaired) electrons. The van der Waals surface area contributed by atoms with Crippen molar-refractivity contribution < 1.29 is 45.3 Å². The molecule has 2 aromatic rings. The second-order valence-electron chi connectivity index (χ2n) is 8.51. The average molecular weight is 528 g/mol. The second kappa shape index (κ2) is 12.2. The lowest BCUT2D eigenvalue weighted by Crippen LogP contribution is -2.13. The minimum atomic E-state index is -5.01. The van der Waals surface area contributed by atoms with Crippen molar-refractivity contribution in [3.8, 4) is 11.5 Å². The number of allylic oxidation sites excluding steroid dienone is 3. The summed E-state index contributed by atoms with van der Waals surface area (Å²) in [5.74, 6) is -0.459. The molecule has 4 nitrogen and oxygen atoms in total. The molecule has 0 spiro atoms. The van der Waals surface area contributed by atoms with Crippen LogP contribution in [-0.2, 0) is 23.7 Å². The average Bonchev–Trinajstić information content (AvgIpc) is 2.83. The first-order valence-corrected chi connectivity index (χ1v) is 11.6. The van der Waals surface area contributed by atoms with Crippen LogP contribution >= 0.6 is 0 Å². The van der Waals surface area contributed by atoms with E-state index in [1.165, 1.54) is 12.1 Å². The topological polar surface area (TPSA) is 44.8 Å². The molecule has 0 amide bonds. The summed E-state index contributed by atoms with van der Waals surface area (Å²) >= 11 is 0. The molecule has 0 N–H and O–H groups in total. The molecule has 10 heteroatoms. The van der Waals surface area contributed by atoms with Gasteiger partial charge in [0.15, 0.2) is 0 Å². The predicted octanol–water partition coefficient (Wildman–Crippen LogP) is 7.92. The number of benzene rings is 2. The monoisotopic (exact) mass is 528 g/mol. The van der Waals surface area contributed by atoms with E-state index in [2.05, 4.69) is 12.7 Å². The lowest BCUT2D eigenvalue weighted by Gasteiger charge is -2.16. The van der Waals surface area contributed by atoms with Gasteiger partial charge in [-0.25, -0.2) is 4.79 Å². The Labute approximate surface area is 210 Å². The van der Waals surface area contributed by atoms with Crippen molar-refractivity contribution in [2.75, 3.05) is 13.2 Å². The first kappa shape index (κ1) is 28.1. The molecule has 0 atom stereocenters. The standard InChI is InChI=1S/C27H26F6O4/c1-18-7-4-2-3-5-11-35-22-9-10-24(36-12-6-8-18)23(16-22)25(34)37-17-19-13-20(26(28,29)30)15-21(14-19)27(31,32)33/h4,7,9-10,13-16H,1-3,5-6,8,11-12,17H2/b7-4+. The fourth-order valence-corrected chi connectivity index (χ4v) is 3.58. The van der Waals surface area contributed by atoms with Crippen LogP contribution in [0.1, 0.15) is 59.2 Å². The van der Waals surface area contributed by atoms with Crippen LogP contribution in [0.25, 0.3) is 0 Å². The van der Waals surface area contributed by atoms with Gasteiger partial charge in [-0.05, 0) is 74.1 Å². The van der Waals surface area contributed by atoms with E-state index < -0.39 is 41.6 Å². The van der Waals surface area contributed by atoms with Crippen molar-refractivity contribution in [1.82, 2.24) is 0 Å². The van der Waals surface area contributed by atoms with Gasteiger partial charge >= 0.3 is 18.3 Å². The van der Waals surface area contributed by atoms with Gasteiger partial charge in [0.25, 0.3) is 0 Å². The summed E-state index contributed by atoms with van der Waals surface area (Å²) in [5.41, 5.74) is -2.55. The summed E-state index contributed by atoms with van der Waals surface area (Å²) in [4.78, 5) is 12.9. The highest BCUT2D eigenvalue weighted by Gasteiger charge is 2.37. The number of carbonyl (C=O) groups is 1. The molecule has 37 heavy (non-hydrogen) atoms. The van der Waals surface area contributed by atoms with E-state index in [4.69, 9.17) is 14.2 Å². The Bertz CT molecular complexity index is 1100. The summed E-state index contributed by atoms with van der Waals surface area (Å²) in [7, 11) is 0. The highest BCUT2D eigenvalue weighted by Crippen LogP contribution is 2.36. The summed E-state index contributed by atoms with van der Waals surface area (Å²) in [6, 6.07) is 5.56. The fraction of sp³-hybridized carbons (Fsp3) is 0.370. The van der Waals surface area contributed by atoms with E-state index in [1.54, 1.807) is 6.07 Å². The van der Waals surface area contributed by atoms with Crippen LogP contribution in [0, 0.1) is 0 Å². The third-order valence-electron chi connectivity index (χ3n) is 5.48. The smallest absolute Gasteiger partial charge is 0.416 e. The second-order valence-corrected chi connectivity index (χ2v) is 8.51. The van der Waals surface area contributed by atoms with Crippen molar-refractivity contribution in [2.24, 2.45) is 0 Å². The maximum absolute atomic E-state index is 13.1. The van der Waals surface area contributed by atoms with Crippen molar-refractivity contribution in [3.63, 3.8) is 0 Å². The van der Waals surface area contributed by atoms with Crippen LogP contribution in [0.2, 0.25) is 0 Å². The molecule has 2 heterocycles. The maximum Gasteiger partial charge on any atom is 0.416 e. The maximum atomic E-state index is 13.1. The van der Waals surface area contributed by atoms with Gasteiger partial charge in [-0.1, -0.05) is 24.3 Å². The van der Waals surface area contributed by atoms with Crippen LogP contribution in [0.3, 0.4) is 0 Å². The molecule has 0 fully saturated rings. The molecule has 2 aliphatic rings. The number of esters is 1. The van der Waals surface area contributed by atoms with Crippen LogP contribution in [-0.4, -0.2) is 19.2 Å². The highest BCUT2D eigenvalue weighted by atomic mass is 19.4. The van der Waals surface area contributed by atoms with Gasteiger partial charge in [-0.2, -0.15) is 26.3 Å². The Morgan fingerprint density at radius 3 is 2.24 bits per heavy atom. The summed E-state index contributed by atoms with van der Waals surface area (Å²) < 4.78 is 95.3. The zero-order valence-electron chi connectivity index (χ0n) is 19.9. The minimum absolute atomic E-state index is 0.0155. The highest BCUT2D eigenvalue weighted by molar-refractivity contribution is 5.93. The Balaban J connectivity index is 1.80. The lowest BCUT2D eigenvalue weighted by atomic mass is 10.1. The van der Waals surface area contributed by atoms with Gasteiger partial charge in [0.1, 0.15) is 23.7 Å². The van der Waals surface area contributed by atoms with Crippen LogP contribution in [0.5, 0.6) is 11.5 Å². The number of alkyl halides is 6. The molecule has 2 aliphatic heterocycles. The molecular formula is C27H26F6O4. The van der Waals surface area contributed by atoms with Gasteiger partial charge in [0.05, 0.1) is 24.3 Å². The summed E-state index contributed by atoms with van der Waals surface area (Å²) in [6.45, 7) is 3.81. The molecular weight excluding hydrogens is 502 g/mol. The zero-order chi connectivity index (χ0) is 27.1. The third-order valence-corrected chi connectivity index (χ3v) is 5.48. The van der Waals surface area contributed by atoms with E-state index in [-0.39, 0.29) is 24.0 Å². The SMILES string of the molecule is C=C1/C=C/CCCCOc2ccc(c(C(=O)OCc3cc(C(F)(F)F)cc(C(F)(F)F)c3)c2)OCCC1. The predicted molar refractivity (Wildman–Crippen MR) is 124 cm³/mol. The van der Waals surface area contributed by atoms with Crippen LogP contribution < -0.4 is 9.47 Å². The molecule has 4 rings (SSSR count). The Kier molecular flexibility index (Phi) is 9.29. The van der Waals surface area contributed by atoms with Gasteiger partial charge in [0, 0.05) is 0 Å². The van der Waals surface area contributed by atoms with Crippen molar-refractivity contribution in [1.29, 1.82) is 0 Å². The first-order chi connectivity index (χ1) is 17.4. The number of hydrogen-bond acceptors (Lipinski definition) is 4. The number of halogens is 6. The number of carbonyl (C=O) groups excluding carboxylic acids is 1. The minimum Gasteiger partial charge on any atom is -0.494 e. The molecule has 0 unspecified atom stereocenters. The van der Waals surface area contributed by atoms with Crippen molar-refractivity contribution >= 4 is 5.97 Å². The number of fused-ring (bicyclic) bond motifs is 12. The van der Waals surface area contributed by atoms with Crippen molar-refractivity contribution in [3.05, 3.63) is 83.0 Å². The van der Waals surface area contributed by atoms with E-state index >= 15 is 0 Å². The van der Waals surface area contributed by atoms with Crippen molar-refractivity contribution in [2.45, 2.75) is 51.1 Å². The van der Waals surface area contributed by atoms with E-state index in [9.17, 15) is 31.1 Å². The first-order valence-electron chi connectivity index (χ1n) is 11.6. The van der Waals surface area contributed by atoms with Gasteiger partial charge in [0.2, 0.25) is 0 Å². The molecule has 2 bridgehead atoms. The van der Waals surface area contributed by atoms with Gasteiger partial charge in [-0.15, -0.1) is 0 Å². The molecule has 200 valence electrons. The summed E-state index contributed by atoms with van der Waals surface area (Å²) in [6.07, 6.45) is -2.21. The van der Waals surface area contributed by atoms with E-state index in [0.717, 1.165) is 24.8 Å². The molecule has 0 aromatic heterocycles. The molecule has 0 saturated heterocycles. The Morgan fingerprint density at radius 1 is 0.892 bits per heavy atom. The van der Waals surface area contributed by atoms with E-state index in [1.807, 2.05) is 6.08 Å². The quantitative estimate of drug-likeness (QED) is 0.300. The Morgan fingerprint density at radius 2 is 1.57 bits per heavy atom. The van der Waals surface area contributed by atoms with Crippen LogP contribution in [0.4, 0.5) is 26.3 Å².